The van der Waals surface area contributed by atoms with Gasteiger partial charge in [0.05, 0.1) is 12.0 Å². The summed E-state index contributed by atoms with van der Waals surface area (Å²) in [6.45, 7) is 1.77. The molecule has 1 rings (SSSR count). The Bertz CT molecular complexity index is 281. The third kappa shape index (κ3) is 1.48. The summed E-state index contributed by atoms with van der Waals surface area (Å²) in [4.78, 5) is 14.9. The van der Waals surface area contributed by atoms with Gasteiger partial charge in [-0.1, -0.05) is 0 Å². The van der Waals surface area contributed by atoms with Crippen LogP contribution in [0.4, 0.5) is 0 Å². The highest BCUT2D eigenvalue weighted by molar-refractivity contribution is 7.13. The third-order valence-corrected chi connectivity index (χ3v) is 2.07. The number of ether oxygens (including phenoxy) is 1. The molecule has 0 atom stereocenters. The molecule has 0 aliphatic carbocycles. The molecule has 0 aliphatic heterocycles. The molecule has 0 unspecified atom stereocenters. The molecule has 11 heavy (non-hydrogen) atoms. The van der Waals surface area contributed by atoms with Crippen molar-refractivity contribution in [3.63, 3.8) is 0 Å². The predicted molar refractivity (Wildman–Crippen MR) is 40.4 cm³/mol. The molecule has 60 valence electrons. The lowest BCUT2D eigenvalue weighted by atomic mass is 10.6. The number of nitrogens with zero attached hydrogens (tertiary/aromatic N) is 1. The van der Waals surface area contributed by atoms with Crippen molar-refractivity contribution >= 4 is 17.3 Å². The van der Waals surface area contributed by atoms with Crippen LogP contribution in [0, 0.1) is 6.92 Å². The molecule has 0 amide bonds. The summed E-state index contributed by atoms with van der Waals surface area (Å²) >= 11 is 1.11. The van der Waals surface area contributed by atoms with Gasteiger partial charge in [-0.15, -0.1) is 11.3 Å². The SMILES string of the molecule is COc1nc(C(=O)O)sc1C. The van der Waals surface area contributed by atoms with E-state index in [2.05, 4.69) is 4.98 Å². The molecule has 0 spiro atoms. The zero-order valence-corrected chi connectivity index (χ0v) is 6.94. The van der Waals surface area contributed by atoms with Gasteiger partial charge in [0, 0.05) is 0 Å². The average molecular weight is 173 g/mol. The van der Waals surface area contributed by atoms with Crippen LogP contribution < -0.4 is 4.74 Å². The van der Waals surface area contributed by atoms with E-state index in [4.69, 9.17) is 9.84 Å². The van der Waals surface area contributed by atoms with Crippen LogP contribution in [0.25, 0.3) is 0 Å². The van der Waals surface area contributed by atoms with E-state index in [1.165, 1.54) is 7.11 Å². The first-order valence-corrected chi connectivity index (χ1v) is 3.71. The Morgan fingerprint density at radius 1 is 1.73 bits per heavy atom. The molecule has 1 aromatic heterocycles. The Morgan fingerprint density at radius 2 is 2.36 bits per heavy atom. The molecule has 5 heteroatoms. The number of methoxy groups -OCH3 is 1. The smallest absolute Gasteiger partial charge is 0.365 e. The van der Waals surface area contributed by atoms with Crippen molar-refractivity contribution in [3.05, 3.63) is 9.88 Å². The van der Waals surface area contributed by atoms with E-state index in [0.717, 1.165) is 16.2 Å². The topological polar surface area (TPSA) is 59.4 Å². The van der Waals surface area contributed by atoms with Crippen molar-refractivity contribution in [2.24, 2.45) is 0 Å². The zero-order chi connectivity index (χ0) is 8.43. The van der Waals surface area contributed by atoms with Crippen LogP contribution in [0.5, 0.6) is 5.88 Å². The standard InChI is InChI=1S/C6H7NO3S/c1-3-4(10-2)7-5(11-3)6(8)9/h1-2H3,(H,8,9). The van der Waals surface area contributed by atoms with Gasteiger partial charge in [-0.3, -0.25) is 0 Å². The number of carboxylic acids is 1. The summed E-state index contributed by atoms with van der Waals surface area (Å²) in [5.74, 6) is -0.617. The molecule has 0 radical (unpaired) electrons. The van der Waals surface area contributed by atoms with Crippen LogP contribution in [-0.2, 0) is 0 Å². The average Bonchev–Trinajstić information content (AvgIpc) is 2.31. The van der Waals surface area contributed by atoms with Gasteiger partial charge in [-0.05, 0) is 6.92 Å². The number of hydrogen-bond acceptors (Lipinski definition) is 4. The summed E-state index contributed by atoms with van der Waals surface area (Å²) in [7, 11) is 1.47. The maximum atomic E-state index is 10.4. The van der Waals surface area contributed by atoms with Gasteiger partial charge in [-0.2, -0.15) is 4.98 Å². The molecule has 1 N–H and O–H groups in total. The van der Waals surface area contributed by atoms with E-state index in [-0.39, 0.29) is 5.01 Å². The maximum absolute atomic E-state index is 10.4. The van der Waals surface area contributed by atoms with Crippen molar-refractivity contribution in [1.29, 1.82) is 0 Å². The lowest BCUT2D eigenvalue weighted by Crippen LogP contribution is -1.94. The van der Waals surface area contributed by atoms with Crippen LogP contribution in [-0.4, -0.2) is 23.2 Å². The Morgan fingerprint density at radius 3 is 2.64 bits per heavy atom. The number of carboxylic acid groups (broad SMARTS) is 1. The minimum absolute atomic E-state index is 0.0688. The van der Waals surface area contributed by atoms with Crippen LogP contribution in [0.2, 0.25) is 0 Å². The minimum Gasteiger partial charge on any atom is -0.480 e. The number of aromatic carboxylic acids is 1. The van der Waals surface area contributed by atoms with E-state index in [1.807, 2.05) is 0 Å². The van der Waals surface area contributed by atoms with Crippen LogP contribution in [0.1, 0.15) is 14.7 Å². The number of hydrogen-bond donors (Lipinski definition) is 1. The number of thiazole rings is 1. The second-order valence-electron chi connectivity index (χ2n) is 1.89. The van der Waals surface area contributed by atoms with Gasteiger partial charge in [0.1, 0.15) is 0 Å². The molecule has 0 aromatic carbocycles. The molecule has 0 aliphatic rings. The molecule has 0 fully saturated rings. The summed E-state index contributed by atoms with van der Waals surface area (Å²) in [6.07, 6.45) is 0. The van der Waals surface area contributed by atoms with Gasteiger partial charge < -0.3 is 9.84 Å². The summed E-state index contributed by atoms with van der Waals surface area (Å²) in [5.41, 5.74) is 0. The van der Waals surface area contributed by atoms with Crippen LogP contribution in [0.3, 0.4) is 0 Å². The zero-order valence-electron chi connectivity index (χ0n) is 6.12. The minimum atomic E-state index is -1.01. The van der Waals surface area contributed by atoms with Gasteiger partial charge >= 0.3 is 5.97 Å². The normalized spacial score (nSPS) is 9.64. The highest BCUT2D eigenvalue weighted by atomic mass is 32.1. The fraction of sp³-hybridized carbons (Fsp3) is 0.333. The molecule has 1 aromatic rings. The van der Waals surface area contributed by atoms with Crippen molar-refractivity contribution < 1.29 is 14.6 Å². The molecular formula is C6H7NO3S. The highest BCUT2D eigenvalue weighted by Crippen LogP contribution is 2.23. The molecule has 1 heterocycles. The first kappa shape index (κ1) is 8.00. The van der Waals surface area contributed by atoms with Crippen molar-refractivity contribution in [1.82, 2.24) is 4.98 Å². The van der Waals surface area contributed by atoms with E-state index in [1.54, 1.807) is 6.92 Å². The van der Waals surface area contributed by atoms with Crippen LogP contribution in [0.15, 0.2) is 0 Å². The number of aromatic nitrogens is 1. The monoisotopic (exact) mass is 173 g/mol. The predicted octanol–water partition coefficient (Wildman–Crippen LogP) is 1.16. The molecule has 0 bridgehead atoms. The van der Waals surface area contributed by atoms with Gasteiger partial charge in [-0.25, -0.2) is 4.79 Å². The largest absolute Gasteiger partial charge is 0.480 e. The molecule has 4 nitrogen and oxygen atoms in total. The molecule has 0 saturated heterocycles. The van der Waals surface area contributed by atoms with Gasteiger partial charge in [0.25, 0.3) is 0 Å². The van der Waals surface area contributed by atoms with E-state index in [0.29, 0.717) is 5.88 Å². The van der Waals surface area contributed by atoms with E-state index in [9.17, 15) is 4.79 Å². The lowest BCUT2D eigenvalue weighted by molar-refractivity contribution is 0.0695. The molecule has 0 saturated carbocycles. The first-order chi connectivity index (χ1) is 5.15. The Labute approximate surface area is 67.5 Å². The second-order valence-corrected chi connectivity index (χ2v) is 3.09. The summed E-state index contributed by atoms with van der Waals surface area (Å²) < 4.78 is 4.81. The highest BCUT2D eigenvalue weighted by Gasteiger charge is 2.12. The Hall–Kier alpha value is -1.10. The first-order valence-electron chi connectivity index (χ1n) is 2.90. The van der Waals surface area contributed by atoms with Crippen molar-refractivity contribution in [2.75, 3.05) is 7.11 Å². The fourth-order valence-electron chi connectivity index (χ4n) is 0.663. The molecular weight excluding hydrogens is 166 g/mol. The van der Waals surface area contributed by atoms with E-state index >= 15 is 0 Å². The number of aryl methyl sites for hydroxylation is 1. The third-order valence-electron chi connectivity index (χ3n) is 1.13. The van der Waals surface area contributed by atoms with Gasteiger partial charge in [0.15, 0.2) is 0 Å². The van der Waals surface area contributed by atoms with Gasteiger partial charge in [0.2, 0.25) is 10.9 Å². The summed E-state index contributed by atoms with van der Waals surface area (Å²) in [5, 5.41) is 8.58. The van der Waals surface area contributed by atoms with Crippen LogP contribution >= 0.6 is 11.3 Å². The summed E-state index contributed by atoms with van der Waals surface area (Å²) in [6, 6.07) is 0. The van der Waals surface area contributed by atoms with Crippen molar-refractivity contribution in [3.8, 4) is 5.88 Å². The number of rotatable bonds is 2. The fourth-order valence-corrected chi connectivity index (χ4v) is 1.39. The second kappa shape index (κ2) is 2.87. The van der Waals surface area contributed by atoms with E-state index < -0.39 is 5.97 Å². The van der Waals surface area contributed by atoms with Crippen molar-refractivity contribution in [2.45, 2.75) is 6.92 Å². The Balaban J connectivity index is 3.05. The lowest BCUT2D eigenvalue weighted by Gasteiger charge is -1.90. The number of carbonyl (C=O) groups is 1. The Kier molecular flexibility index (Phi) is 2.09. The maximum Gasteiger partial charge on any atom is 0.365 e. The quantitative estimate of drug-likeness (QED) is 0.729.